The van der Waals surface area contributed by atoms with Gasteiger partial charge in [0.05, 0.1) is 0 Å². The largest absolute Gasteiger partial charge is 0.442 e. The van der Waals surface area contributed by atoms with E-state index in [-0.39, 0.29) is 18.4 Å². The van der Waals surface area contributed by atoms with Crippen LogP contribution < -0.4 is 0 Å². The normalized spacial score (nSPS) is 29.0. The maximum absolute atomic E-state index is 12.1. The molecular formula is C14H17NO4. The Morgan fingerprint density at radius 2 is 1.95 bits per heavy atom. The second-order valence-corrected chi connectivity index (χ2v) is 5.74. The highest BCUT2D eigenvalue weighted by atomic mass is 16.9. The number of amides is 1. The van der Waals surface area contributed by atoms with Gasteiger partial charge < -0.3 is 9.47 Å². The fraction of sp³-hybridized carbons (Fsp3) is 0.500. The van der Waals surface area contributed by atoms with E-state index in [2.05, 4.69) is 0 Å². The molecule has 3 rings (SSSR count). The Morgan fingerprint density at radius 1 is 1.26 bits per heavy atom. The van der Waals surface area contributed by atoms with Crippen molar-refractivity contribution in [2.45, 2.75) is 44.8 Å². The number of carbonyl (C=O) groups excluding carboxylic acids is 1. The Bertz CT molecular complexity index is 482. The minimum absolute atomic E-state index is 0.0880. The molecule has 2 aliphatic rings. The van der Waals surface area contributed by atoms with Gasteiger partial charge in [0.15, 0.2) is 0 Å². The zero-order chi connectivity index (χ0) is 13.6. The number of hydrogen-bond donors (Lipinski definition) is 0. The first-order chi connectivity index (χ1) is 8.96. The number of nitrogens with zero attached hydrogens (tertiary/aromatic N) is 1. The lowest BCUT2D eigenvalue weighted by Crippen LogP contribution is -2.38. The van der Waals surface area contributed by atoms with E-state index in [1.807, 2.05) is 51.1 Å². The van der Waals surface area contributed by atoms with Crippen LogP contribution in [0, 0.1) is 0 Å². The van der Waals surface area contributed by atoms with Crippen LogP contribution in [0.3, 0.4) is 0 Å². The Labute approximate surface area is 112 Å². The fourth-order valence-electron chi connectivity index (χ4n) is 2.17. The quantitative estimate of drug-likeness (QED) is 0.731. The highest BCUT2D eigenvalue weighted by Gasteiger charge is 2.60. The molecule has 0 radical (unpaired) electrons. The van der Waals surface area contributed by atoms with Gasteiger partial charge in [-0.1, -0.05) is 30.3 Å². The minimum atomic E-state index is -0.546. The average molecular weight is 263 g/mol. The summed E-state index contributed by atoms with van der Waals surface area (Å²) in [6.45, 7) is 5.49. The lowest BCUT2D eigenvalue weighted by molar-refractivity contribution is -0.189. The van der Waals surface area contributed by atoms with E-state index in [0.717, 1.165) is 5.56 Å². The standard InChI is InChI=1S/C14H17NO4/c1-14(2,3)18-13(16)15-10(11-12(17-11)19-15)9-7-5-4-6-8-9/h4-8,10-12H,1-3H3/t10-,11-,12+/m1/s1. The molecule has 0 bridgehead atoms. The predicted octanol–water partition coefficient (Wildman–Crippen LogP) is 2.63. The second-order valence-electron chi connectivity index (χ2n) is 5.74. The van der Waals surface area contributed by atoms with E-state index in [1.54, 1.807) is 0 Å². The summed E-state index contributed by atoms with van der Waals surface area (Å²) in [5.74, 6) is 0. The second kappa shape index (κ2) is 4.21. The molecule has 0 saturated carbocycles. The molecule has 1 aromatic rings. The van der Waals surface area contributed by atoms with Crippen LogP contribution in [-0.2, 0) is 14.3 Å². The number of benzene rings is 1. The van der Waals surface area contributed by atoms with Crippen LogP contribution in [0.4, 0.5) is 4.79 Å². The Balaban J connectivity index is 1.80. The molecule has 1 aromatic carbocycles. The van der Waals surface area contributed by atoms with Crippen molar-refractivity contribution < 1.29 is 19.1 Å². The summed E-state index contributed by atoms with van der Waals surface area (Å²) in [6.07, 6.45) is -0.884. The molecule has 19 heavy (non-hydrogen) atoms. The molecule has 0 N–H and O–H groups in total. The molecule has 5 heteroatoms. The Morgan fingerprint density at radius 3 is 2.58 bits per heavy atom. The van der Waals surface area contributed by atoms with Crippen molar-refractivity contribution >= 4 is 6.09 Å². The number of carbonyl (C=O) groups is 1. The summed E-state index contributed by atoms with van der Waals surface area (Å²) in [5, 5.41) is 1.29. The lowest BCUT2D eigenvalue weighted by atomic mass is 10.0. The molecule has 0 spiro atoms. The summed E-state index contributed by atoms with van der Waals surface area (Å²) in [7, 11) is 0. The van der Waals surface area contributed by atoms with Crippen molar-refractivity contribution in [2.24, 2.45) is 0 Å². The van der Waals surface area contributed by atoms with E-state index in [1.165, 1.54) is 5.06 Å². The number of hydroxylamine groups is 2. The maximum Gasteiger partial charge on any atom is 0.435 e. The van der Waals surface area contributed by atoms with Gasteiger partial charge in [-0.3, -0.25) is 0 Å². The van der Waals surface area contributed by atoms with E-state index < -0.39 is 11.7 Å². The van der Waals surface area contributed by atoms with Gasteiger partial charge in [0.1, 0.15) is 17.7 Å². The third-order valence-electron chi connectivity index (χ3n) is 2.98. The summed E-state index contributed by atoms with van der Waals surface area (Å²) < 4.78 is 10.7. The molecule has 3 atom stereocenters. The molecule has 1 amide bonds. The molecule has 0 aliphatic carbocycles. The van der Waals surface area contributed by atoms with E-state index in [9.17, 15) is 4.79 Å². The number of epoxide rings is 1. The van der Waals surface area contributed by atoms with E-state index in [0.29, 0.717) is 0 Å². The van der Waals surface area contributed by atoms with Gasteiger partial charge >= 0.3 is 6.09 Å². The van der Waals surface area contributed by atoms with Gasteiger partial charge in [-0.15, -0.1) is 0 Å². The van der Waals surface area contributed by atoms with Gasteiger partial charge in [-0.25, -0.2) is 9.63 Å². The van der Waals surface area contributed by atoms with Crippen molar-refractivity contribution in [3.05, 3.63) is 35.9 Å². The molecule has 2 aliphatic heterocycles. The van der Waals surface area contributed by atoms with Crippen LogP contribution in [0.2, 0.25) is 0 Å². The third-order valence-corrected chi connectivity index (χ3v) is 2.98. The van der Waals surface area contributed by atoms with Gasteiger partial charge in [-0.2, -0.15) is 5.06 Å². The zero-order valence-corrected chi connectivity index (χ0v) is 11.2. The van der Waals surface area contributed by atoms with Crippen molar-refractivity contribution in [1.82, 2.24) is 5.06 Å². The van der Waals surface area contributed by atoms with Crippen molar-refractivity contribution in [3.8, 4) is 0 Å². The molecule has 0 unspecified atom stereocenters. The molecular weight excluding hydrogens is 246 g/mol. The van der Waals surface area contributed by atoms with Crippen molar-refractivity contribution in [1.29, 1.82) is 0 Å². The molecule has 2 saturated heterocycles. The average Bonchev–Trinajstić information content (AvgIpc) is 2.99. The SMILES string of the molecule is CC(C)(C)OC(=O)N1O[C@@H]2O[C@@H]2[C@H]1c1ccccc1. The first-order valence-corrected chi connectivity index (χ1v) is 6.35. The monoisotopic (exact) mass is 263 g/mol. The van der Waals surface area contributed by atoms with Crippen molar-refractivity contribution in [2.75, 3.05) is 0 Å². The maximum atomic E-state index is 12.1. The van der Waals surface area contributed by atoms with Crippen molar-refractivity contribution in [3.63, 3.8) is 0 Å². The first kappa shape index (κ1) is 12.4. The highest BCUT2D eigenvalue weighted by Crippen LogP contribution is 2.46. The summed E-state index contributed by atoms with van der Waals surface area (Å²) >= 11 is 0. The minimum Gasteiger partial charge on any atom is -0.442 e. The number of rotatable bonds is 1. The molecule has 2 fully saturated rings. The van der Waals surface area contributed by atoms with Crippen LogP contribution in [0.5, 0.6) is 0 Å². The van der Waals surface area contributed by atoms with E-state index >= 15 is 0 Å². The van der Waals surface area contributed by atoms with Gasteiger partial charge in [0, 0.05) is 0 Å². The predicted molar refractivity (Wildman–Crippen MR) is 67.0 cm³/mol. The molecule has 2 heterocycles. The Hall–Kier alpha value is -1.59. The number of fused-ring (bicyclic) bond motifs is 1. The van der Waals surface area contributed by atoms with Crippen LogP contribution in [-0.4, -0.2) is 29.2 Å². The number of ether oxygens (including phenoxy) is 2. The number of hydrogen-bond acceptors (Lipinski definition) is 4. The topological polar surface area (TPSA) is 51.3 Å². The van der Waals surface area contributed by atoms with Gasteiger partial charge in [-0.05, 0) is 26.3 Å². The van der Waals surface area contributed by atoms with Crippen LogP contribution in [0.15, 0.2) is 30.3 Å². The molecule has 0 aromatic heterocycles. The summed E-state index contributed by atoms with van der Waals surface area (Å²) in [5.41, 5.74) is 0.438. The smallest absolute Gasteiger partial charge is 0.435 e. The van der Waals surface area contributed by atoms with Crippen LogP contribution >= 0.6 is 0 Å². The Kier molecular flexibility index (Phi) is 2.76. The zero-order valence-electron chi connectivity index (χ0n) is 11.2. The van der Waals surface area contributed by atoms with Crippen LogP contribution in [0.1, 0.15) is 32.4 Å². The fourth-order valence-corrected chi connectivity index (χ4v) is 2.17. The highest BCUT2D eigenvalue weighted by molar-refractivity contribution is 5.68. The van der Waals surface area contributed by atoms with E-state index in [4.69, 9.17) is 14.3 Å². The van der Waals surface area contributed by atoms with Crippen LogP contribution in [0.25, 0.3) is 0 Å². The lowest BCUT2D eigenvalue weighted by Gasteiger charge is -2.28. The summed E-state index contributed by atoms with van der Waals surface area (Å²) in [6, 6.07) is 9.46. The molecule has 5 nitrogen and oxygen atoms in total. The first-order valence-electron chi connectivity index (χ1n) is 6.35. The van der Waals surface area contributed by atoms with Gasteiger partial charge in [0.2, 0.25) is 6.29 Å². The third kappa shape index (κ3) is 2.43. The summed E-state index contributed by atoms with van der Waals surface area (Å²) in [4.78, 5) is 17.6. The molecule has 102 valence electrons. The van der Waals surface area contributed by atoms with Gasteiger partial charge in [0.25, 0.3) is 0 Å².